The zero-order chi connectivity index (χ0) is 16.0. The molecule has 6 heteroatoms. The number of amides is 1. The molecule has 118 valence electrons. The lowest BCUT2D eigenvalue weighted by atomic mass is 10.0. The van der Waals surface area contributed by atoms with Gasteiger partial charge in [0.05, 0.1) is 18.4 Å². The van der Waals surface area contributed by atoms with Crippen molar-refractivity contribution in [3.05, 3.63) is 39.6 Å². The quantitative estimate of drug-likeness (QED) is 0.875. The van der Waals surface area contributed by atoms with Crippen LogP contribution < -0.4 is 4.74 Å². The third kappa shape index (κ3) is 2.39. The number of hydrogen-bond donors (Lipinski definition) is 1. The van der Waals surface area contributed by atoms with Crippen molar-refractivity contribution in [1.29, 1.82) is 0 Å². The number of fused-ring (bicyclic) bond motifs is 4. The second-order valence-corrected chi connectivity index (χ2v) is 6.84. The number of phenols is 1. The third-order valence-electron chi connectivity index (χ3n) is 4.34. The third-order valence-corrected chi connectivity index (χ3v) is 5.33. The second kappa shape index (κ2) is 5.38. The molecule has 1 N–H and O–H groups in total. The Morgan fingerprint density at radius 1 is 1.43 bits per heavy atom. The van der Waals surface area contributed by atoms with Crippen molar-refractivity contribution in [1.82, 2.24) is 4.90 Å². The van der Waals surface area contributed by atoms with E-state index in [0.717, 1.165) is 6.42 Å². The van der Waals surface area contributed by atoms with E-state index in [4.69, 9.17) is 4.74 Å². The molecule has 2 aliphatic heterocycles. The van der Waals surface area contributed by atoms with Crippen molar-refractivity contribution in [2.24, 2.45) is 10.9 Å². The molecule has 1 aromatic carbocycles. The lowest BCUT2D eigenvalue weighted by Crippen LogP contribution is -2.35. The van der Waals surface area contributed by atoms with Crippen LogP contribution in [-0.4, -0.2) is 35.8 Å². The first kappa shape index (κ1) is 14.3. The van der Waals surface area contributed by atoms with E-state index in [9.17, 15) is 9.90 Å². The van der Waals surface area contributed by atoms with Gasteiger partial charge in [0, 0.05) is 36.2 Å². The van der Waals surface area contributed by atoms with Crippen molar-refractivity contribution in [3.63, 3.8) is 0 Å². The molecule has 0 spiro atoms. The molecule has 0 saturated heterocycles. The summed E-state index contributed by atoms with van der Waals surface area (Å²) in [6.07, 6.45) is 2.80. The van der Waals surface area contributed by atoms with E-state index in [0.29, 0.717) is 24.3 Å². The van der Waals surface area contributed by atoms with Gasteiger partial charge in [0.25, 0.3) is 5.91 Å². The van der Waals surface area contributed by atoms with Gasteiger partial charge in [-0.05, 0) is 29.5 Å². The monoisotopic (exact) mass is 328 g/mol. The number of aromatic hydroxyl groups is 1. The normalized spacial score (nSPS) is 19.4. The molecule has 23 heavy (non-hydrogen) atoms. The molecule has 0 radical (unpaired) electrons. The highest BCUT2D eigenvalue weighted by Crippen LogP contribution is 2.37. The Morgan fingerprint density at radius 3 is 3.13 bits per heavy atom. The van der Waals surface area contributed by atoms with E-state index in [1.54, 1.807) is 17.4 Å². The summed E-state index contributed by atoms with van der Waals surface area (Å²) < 4.78 is 5.13. The van der Waals surface area contributed by atoms with E-state index in [1.807, 2.05) is 11.1 Å². The van der Waals surface area contributed by atoms with E-state index in [-0.39, 0.29) is 23.3 Å². The van der Waals surface area contributed by atoms with Gasteiger partial charge in [-0.1, -0.05) is 0 Å². The standard InChI is InChI=1S/C17H16N2O3S/c1-22-15-5-12-13(6-14(15)20)18-7-10-4-16-11(2-3-23-16)9-19(8-10)17(12)21/h2-3,5-7,10,20H,4,8-9H2,1H3/t10-/m1/s1. The molecule has 5 nitrogen and oxygen atoms in total. The Balaban J connectivity index is 1.84. The Morgan fingerprint density at radius 2 is 2.30 bits per heavy atom. The minimum absolute atomic E-state index is 0.00569. The lowest BCUT2D eigenvalue weighted by molar-refractivity contribution is 0.0735. The van der Waals surface area contributed by atoms with Gasteiger partial charge in [-0.15, -0.1) is 11.3 Å². The number of nitrogens with zero attached hydrogens (tertiary/aromatic N) is 2. The van der Waals surface area contributed by atoms with Crippen LogP contribution in [0.1, 0.15) is 20.8 Å². The van der Waals surface area contributed by atoms with E-state index in [2.05, 4.69) is 16.4 Å². The number of rotatable bonds is 1. The summed E-state index contributed by atoms with van der Waals surface area (Å²) in [6.45, 7) is 1.27. The molecule has 2 aromatic rings. The van der Waals surface area contributed by atoms with E-state index < -0.39 is 0 Å². The Kier molecular flexibility index (Phi) is 3.34. The molecule has 0 aliphatic carbocycles. The molecule has 1 amide bonds. The zero-order valence-electron chi connectivity index (χ0n) is 12.7. The first-order valence-corrected chi connectivity index (χ1v) is 8.33. The second-order valence-electron chi connectivity index (χ2n) is 5.84. The van der Waals surface area contributed by atoms with Crippen molar-refractivity contribution in [2.75, 3.05) is 13.7 Å². The number of phenolic OH excluding ortho intramolecular Hbond substituents is 1. The predicted octanol–water partition coefficient (Wildman–Crippen LogP) is 2.99. The SMILES string of the molecule is COc1cc2c(cc1O)N=C[C@H]1Cc3sccc3CN(C1)C2=O. The minimum Gasteiger partial charge on any atom is -0.504 e. The Bertz CT molecular complexity index is 812. The Labute approximate surface area is 137 Å². The molecular weight excluding hydrogens is 312 g/mol. The van der Waals surface area contributed by atoms with Crippen LogP contribution in [-0.2, 0) is 13.0 Å². The largest absolute Gasteiger partial charge is 0.504 e. The van der Waals surface area contributed by atoms with Crippen molar-refractivity contribution in [3.8, 4) is 11.5 Å². The van der Waals surface area contributed by atoms with Crippen LogP contribution in [0.4, 0.5) is 5.69 Å². The molecule has 2 aliphatic rings. The minimum atomic E-state index is -0.0702. The van der Waals surface area contributed by atoms with Crippen LogP contribution in [0.2, 0.25) is 0 Å². The molecule has 0 saturated carbocycles. The van der Waals surface area contributed by atoms with Gasteiger partial charge in [0.1, 0.15) is 0 Å². The number of carbonyl (C=O) groups is 1. The van der Waals surface area contributed by atoms with Crippen LogP contribution in [0.5, 0.6) is 11.5 Å². The first-order valence-electron chi connectivity index (χ1n) is 7.45. The fourth-order valence-corrected chi connectivity index (χ4v) is 4.14. The number of methoxy groups -OCH3 is 1. The number of benzene rings is 1. The smallest absolute Gasteiger partial charge is 0.256 e. The molecule has 4 rings (SSSR count). The molecular formula is C17H16N2O3S. The van der Waals surface area contributed by atoms with Gasteiger partial charge >= 0.3 is 0 Å². The summed E-state index contributed by atoms with van der Waals surface area (Å²) in [5.41, 5.74) is 2.18. The molecule has 1 atom stereocenters. The van der Waals surface area contributed by atoms with Crippen molar-refractivity contribution in [2.45, 2.75) is 13.0 Å². The molecule has 2 bridgehead atoms. The average molecular weight is 328 g/mol. The fraction of sp³-hybridized carbons (Fsp3) is 0.294. The van der Waals surface area contributed by atoms with Gasteiger partial charge in [-0.2, -0.15) is 0 Å². The lowest BCUT2D eigenvalue weighted by Gasteiger charge is -2.26. The highest BCUT2D eigenvalue weighted by atomic mass is 32.1. The van der Waals surface area contributed by atoms with Crippen LogP contribution in [0, 0.1) is 5.92 Å². The summed E-state index contributed by atoms with van der Waals surface area (Å²) in [4.78, 5) is 20.6. The van der Waals surface area contributed by atoms with Gasteiger partial charge in [-0.25, -0.2) is 0 Å². The van der Waals surface area contributed by atoms with Crippen molar-refractivity contribution >= 4 is 29.1 Å². The first-order chi connectivity index (χ1) is 11.2. The molecule has 3 heterocycles. The number of thiophene rings is 1. The predicted molar refractivity (Wildman–Crippen MR) is 89.1 cm³/mol. The number of hydrogen-bond acceptors (Lipinski definition) is 5. The van der Waals surface area contributed by atoms with Gasteiger partial charge in [0.2, 0.25) is 0 Å². The zero-order valence-corrected chi connectivity index (χ0v) is 13.5. The van der Waals surface area contributed by atoms with Crippen LogP contribution >= 0.6 is 11.3 Å². The van der Waals surface area contributed by atoms with Gasteiger partial charge in [0.15, 0.2) is 11.5 Å². The summed E-state index contributed by atoms with van der Waals surface area (Å²) in [5, 5.41) is 12.0. The van der Waals surface area contributed by atoms with Gasteiger partial charge < -0.3 is 14.7 Å². The summed E-state index contributed by atoms with van der Waals surface area (Å²) >= 11 is 1.74. The topological polar surface area (TPSA) is 62.1 Å². The van der Waals surface area contributed by atoms with Crippen LogP contribution in [0.3, 0.4) is 0 Å². The molecule has 0 fully saturated rings. The molecule has 0 unspecified atom stereocenters. The highest BCUT2D eigenvalue weighted by Gasteiger charge is 2.29. The van der Waals surface area contributed by atoms with E-state index >= 15 is 0 Å². The highest BCUT2D eigenvalue weighted by molar-refractivity contribution is 7.10. The van der Waals surface area contributed by atoms with Crippen LogP contribution in [0.15, 0.2) is 28.6 Å². The summed E-state index contributed by atoms with van der Waals surface area (Å²) in [7, 11) is 1.47. The average Bonchev–Trinajstić information content (AvgIpc) is 2.89. The summed E-state index contributed by atoms with van der Waals surface area (Å²) in [6, 6.07) is 5.16. The maximum Gasteiger partial charge on any atom is 0.256 e. The Hall–Kier alpha value is -2.34. The maximum atomic E-state index is 13.0. The van der Waals surface area contributed by atoms with Crippen LogP contribution in [0.25, 0.3) is 0 Å². The fourth-order valence-electron chi connectivity index (χ4n) is 3.15. The number of ether oxygens (including phenoxy) is 1. The summed E-state index contributed by atoms with van der Waals surface area (Å²) in [5.74, 6) is 0.403. The van der Waals surface area contributed by atoms with E-state index in [1.165, 1.54) is 23.6 Å². The van der Waals surface area contributed by atoms with Crippen molar-refractivity contribution < 1.29 is 14.6 Å². The molecule has 1 aromatic heterocycles. The van der Waals surface area contributed by atoms with Gasteiger partial charge in [-0.3, -0.25) is 9.79 Å². The number of carbonyl (C=O) groups excluding carboxylic acids is 1. The number of aliphatic imine (C=N–C) groups is 1. The maximum absolute atomic E-state index is 13.0.